The van der Waals surface area contributed by atoms with Crippen LogP contribution in [0.2, 0.25) is 0 Å². The van der Waals surface area contributed by atoms with E-state index in [0.717, 1.165) is 43.7 Å². The van der Waals surface area contributed by atoms with Crippen molar-refractivity contribution in [2.75, 3.05) is 13.1 Å². The highest BCUT2D eigenvalue weighted by molar-refractivity contribution is 5.60. The third kappa shape index (κ3) is 5.95. The van der Waals surface area contributed by atoms with Crippen LogP contribution < -0.4 is 5.32 Å². The summed E-state index contributed by atoms with van der Waals surface area (Å²) in [6.07, 6.45) is -7.04. The van der Waals surface area contributed by atoms with E-state index in [1.807, 2.05) is 6.92 Å². The normalized spacial score (nSPS) is 12.4. The topological polar surface area (TPSA) is 24.9 Å². The molecule has 0 atom stereocenters. The number of aromatic nitrogens is 1. The molecule has 148 valence electrons. The Kier molecular flexibility index (Phi) is 6.86. The van der Waals surface area contributed by atoms with E-state index in [1.54, 1.807) is 0 Å². The van der Waals surface area contributed by atoms with Gasteiger partial charge in [0.1, 0.15) is 5.69 Å². The summed E-state index contributed by atoms with van der Waals surface area (Å²) in [5.74, 6) is 0. The molecule has 0 saturated carbocycles. The molecule has 0 spiro atoms. The highest BCUT2D eigenvalue weighted by atomic mass is 19.4. The van der Waals surface area contributed by atoms with Crippen LogP contribution >= 0.6 is 0 Å². The lowest BCUT2D eigenvalue weighted by Crippen LogP contribution is -2.21. The first-order valence-electron chi connectivity index (χ1n) is 8.58. The van der Waals surface area contributed by atoms with Crippen molar-refractivity contribution in [2.45, 2.75) is 38.5 Å². The molecule has 2 aromatic rings. The predicted molar refractivity (Wildman–Crippen MR) is 91.2 cm³/mol. The molecule has 27 heavy (non-hydrogen) atoms. The number of pyridine rings is 1. The average Bonchev–Trinajstić information content (AvgIpc) is 2.60. The summed E-state index contributed by atoms with van der Waals surface area (Å²) in [7, 11) is 0. The van der Waals surface area contributed by atoms with Gasteiger partial charge in [-0.2, -0.15) is 26.3 Å². The number of alkyl halides is 6. The Bertz CT molecular complexity index is 735. The number of nitrogens with one attached hydrogen (secondary N) is 1. The van der Waals surface area contributed by atoms with Crippen molar-refractivity contribution >= 4 is 0 Å². The van der Waals surface area contributed by atoms with E-state index in [1.165, 1.54) is 12.1 Å². The predicted octanol–water partition coefficient (Wildman–Crippen LogP) is 5.72. The summed E-state index contributed by atoms with van der Waals surface area (Å²) in [6, 6.07) is 6.64. The monoisotopic (exact) mass is 390 g/mol. The fourth-order valence-electron chi connectivity index (χ4n) is 2.58. The van der Waals surface area contributed by atoms with Crippen molar-refractivity contribution in [3.8, 4) is 11.3 Å². The number of halogens is 6. The van der Waals surface area contributed by atoms with E-state index in [2.05, 4.69) is 10.3 Å². The zero-order valence-electron chi connectivity index (χ0n) is 14.7. The quantitative estimate of drug-likeness (QED) is 0.483. The lowest BCUT2D eigenvalue weighted by molar-refractivity contribution is -0.141. The standard InChI is InChI=1S/C19H20F6N2/c1-2-3-11-26-12-10-14-6-9-16(27-17(14)19(23,24)25)13-4-7-15(8-5-13)18(20,21)22/h4-9,26H,2-3,10-12H2,1H3. The van der Waals surface area contributed by atoms with Gasteiger partial charge in [-0.3, -0.25) is 0 Å². The molecule has 0 unspecified atom stereocenters. The van der Waals surface area contributed by atoms with Crippen molar-refractivity contribution in [1.82, 2.24) is 10.3 Å². The number of benzene rings is 1. The zero-order chi connectivity index (χ0) is 20.1. The lowest BCUT2D eigenvalue weighted by atomic mass is 10.0. The average molecular weight is 390 g/mol. The van der Waals surface area contributed by atoms with E-state index in [4.69, 9.17) is 0 Å². The number of nitrogens with zero attached hydrogens (tertiary/aromatic N) is 1. The Balaban J connectivity index is 2.24. The van der Waals surface area contributed by atoms with Crippen molar-refractivity contribution in [1.29, 1.82) is 0 Å². The fourth-order valence-corrected chi connectivity index (χ4v) is 2.58. The van der Waals surface area contributed by atoms with Gasteiger partial charge in [0, 0.05) is 5.56 Å². The molecule has 0 radical (unpaired) electrons. The SMILES string of the molecule is CCCCNCCc1ccc(-c2ccc(C(F)(F)F)cc2)nc1C(F)(F)F. The lowest BCUT2D eigenvalue weighted by Gasteiger charge is -2.14. The van der Waals surface area contributed by atoms with Crippen LogP contribution in [-0.2, 0) is 18.8 Å². The highest BCUT2D eigenvalue weighted by Crippen LogP contribution is 2.34. The van der Waals surface area contributed by atoms with Crippen LogP contribution in [0.1, 0.15) is 36.6 Å². The highest BCUT2D eigenvalue weighted by Gasteiger charge is 2.35. The molecule has 0 amide bonds. The summed E-state index contributed by atoms with van der Waals surface area (Å²) in [6.45, 7) is 3.15. The number of rotatable bonds is 7. The minimum Gasteiger partial charge on any atom is -0.316 e. The van der Waals surface area contributed by atoms with Gasteiger partial charge in [0.15, 0.2) is 0 Å². The van der Waals surface area contributed by atoms with Crippen LogP contribution in [0.3, 0.4) is 0 Å². The van der Waals surface area contributed by atoms with E-state index in [0.29, 0.717) is 6.54 Å². The molecule has 1 aromatic carbocycles. The van der Waals surface area contributed by atoms with Crippen LogP contribution in [0.5, 0.6) is 0 Å². The summed E-state index contributed by atoms with van der Waals surface area (Å²) in [4.78, 5) is 3.69. The zero-order valence-corrected chi connectivity index (χ0v) is 14.7. The summed E-state index contributed by atoms with van der Waals surface area (Å²) in [5, 5.41) is 3.08. The van der Waals surface area contributed by atoms with E-state index in [9.17, 15) is 26.3 Å². The number of hydrogen-bond donors (Lipinski definition) is 1. The molecule has 0 saturated heterocycles. The van der Waals surface area contributed by atoms with Gasteiger partial charge < -0.3 is 5.32 Å². The first kappa shape index (κ1) is 21.2. The third-order valence-electron chi connectivity index (χ3n) is 4.03. The van der Waals surface area contributed by atoms with Crippen LogP contribution in [0, 0.1) is 0 Å². The van der Waals surface area contributed by atoms with Gasteiger partial charge in [0.2, 0.25) is 0 Å². The summed E-state index contributed by atoms with van der Waals surface area (Å²) >= 11 is 0. The summed E-state index contributed by atoms with van der Waals surface area (Å²) < 4.78 is 78.0. The Morgan fingerprint density at radius 1 is 0.852 bits per heavy atom. The van der Waals surface area contributed by atoms with Crippen LogP contribution in [0.15, 0.2) is 36.4 Å². The van der Waals surface area contributed by atoms with Crippen LogP contribution in [0.25, 0.3) is 11.3 Å². The molecule has 0 aliphatic carbocycles. The maximum atomic E-state index is 13.4. The second kappa shape index (κ2) is 8.73. The van der Waals surface area contributed by atoms with Crippen molar-refractivity contribution in [2.24, 2.45) is 0 Å². The van der Waals surface area contributed by atoms with E-state index < -0.39 is 23.6 Å². The van der Waals surface area contributed by atoms with E-state index >= 15 is 0 Å². The van der Waals surface area contributed by atoms with E-state index in [-0.39, 0.29) is 23.2 Å². The van der Waals surface area contributed by atoms with Crippen LogP contribution in [-0.4, -0.2) is 18.1 Å². The van der Waals surface area contributed by atoms with Gasteiger partial charge >= 0.3 is 12.4 Å². The molecular weight excluding hydrogens is 370 g/mol. The first-order chi connectivity index (χ1) is 12.6. The maximum absolute atomic E-state index is 13.4. The van der Waals surface area contributed by atoms with Crippen LogP contribution in [0.4, 0.5) is 26.3 Å². The minimum atomic E-state index is -4.64. The fraction of sp³-hybridized carbons (Fsp3) is 0.421. The molecular formula is C19H20F6N2. The molecule has 1 N–H and O–H groups in total. The Morgan fingerprint density at radius 2 is 1.52 bits per heavy atom. The molecule has 0 aliphatic heterocycles. The molecule has 2 nitrogen and oxygen atoms in total. The Hall–Kier alpha value is -2.09. The van der Waals surface area contributed by atoms with Gasteiger partial charge in [-0.1, -0.05) is 31.5 Å². The Morgan fingerprint density at radius 3 is 2.07 bits per heavy atom. The molecule has 0 bridgehead atoms. The van der Waals surface area contributed by atoms with Crippen molar-refractivity contribution < 1.29 is 26.3 Å². The van der Waals surface area contributed by atoms with Gasteiger partial charge in [0.25, 0.3) is 0 Å². The molecule has 0 aliphatic rings. The molecule has 2 rings (SSSR count). The number of hydrogen-bond acceptors (Lipinski definition) is 2. The van der Waals surface area contributed by atoms with Gasteiger partial charge in [-0.05, 0) is 49.7 Å². The molecule has 1 heterocycles. The molecule has 8 heteroatoms. The second-order valence-electron chi connectivity index (χ2n) is 6.13. The number of unbranched alkanes of at least 4 members (excludes halogenated alkanes) is 1. The molecule has 1 aromatic heterocycles. The van der Waals surface area contributed by atoms with Gasteiger partial charge in [0.05, 0.1) is 11.3 Å². The van der Waals surface area contributed by atoms with Crippen molar-refractivity contribution in [3.63, 3.8) is 0 Å². The van der Waals surface area contributed by atoms with Crippen molar-refractivity contribution in [3.05, 3.63) is 53.2 Å². The third-order valence-corrected chi connectivity index (χ3v) is 4.03. The maximum Gasteiger partial charge on any atom is 0.433 e. The minimum absolute atomic E-state index is 0.0151. The Labute approximate surface area is 153 Å². The van der Waals surface area contributed by atoms with Gasteiger partial charge in [-0.25, -0.2) is 4.98 Å². The van der Waals surface area contributed by atoms with Gasteiger partial charge in [-0.15, -0.1) is 0 Å². The summed E-state index contributed by atoms with van der Waals surface area (Å²) in [5.41, 5.74) is -1.63. The largest absolute Gasteiger partial charge is 0.433 e. The first-order valence-corrected chi connectivity index (χ1v) is 8.58. The second-order valence-corrected chi connectivity index (χ2v) is 6.13. The smallest absolute Gasteiger partial charge is 0.316 e. The molecule has 0 fully saturated rings.